The molecule has 2 fully saturated rings. The molecule has 1 aliphatic carbocycles. The van der Waals surface area contributed by atoms with E-state index < -0.39 is 0 Å². The molecule has 0 aromatic heterocycles. The van der Waals surface area contributed by atoms with Gasteiger partial charge in [-0.3, -0.25) is 4.90 Å². The maximum atomic E-state index is 7.00. The minimum absolute atomic E-state index is 0.305. The fraction of sp³-hybridized carbons (Fsp3) is 0.900. The molecule has 2 heteroatoms. The van der Waals surface area contributed by atoms with E-state index in [0.29, 0.717) is 6.04 Å². The van der Waals surface area contributed by atoms with Gasteiger partial charge < -0.3 is 4.85 Å². The highest BCUT2D eigenvalue weighted by molar-refractivity contribution is 4.90. The summed E-state index contributed by atoms with van der Waals surface area (Å²) in [6.45, 7) is 9.30. The third kappa shape index (κ3) is 1.47. The second-order valence-electron chi connectivity index (χ2n) is 4.00. The van der Waals surface area contributed by atoms with E-state index in [1.54, 1.807) is 0 Å². The number of hydrogen-bond donors (Lipinski definition) is 0. The van der Waals surface area contributed by atoms with E-state index in [0.717, 1.165) is 19.0 Å². The summed E-state index contributed by atoms with van der Waals surface area (Å²) >= 11 is 0. The van der Waals surface area contributed by atoms with E-state index >= 15 is 0 Å². The largest absolute Gasteiger partial charge is 0.312 e. The van der Waals surface area contributed by atoms with E-state index in [4.69, 9.17) is 6.57 Å². The smallest absolute Gasteiger partial charge is 0.236 e. The Morgan fingerprint density at radius 2 is 2.00 bits per heavy atom. The lowest BCUT2D eigenvalue weighted by Gasteiger charge is -2.39. The van der Waals surface area contributed by atoms with Crippen molar-refractivity contribution in [1.82, 2.24) is 4.90 Å². The zero-order chi connectivity index (χ0) is 8.39. The van der Waals surface area contributed by atoms with Crippen molar-refractivity contribution >= 4 is 0 Å². The molecule has 1 heterocycles. The van der Waals surface area contributed by atoms with Crippen LogP contribution in [0.5, 0.6) is 0 Å². The molecule has 12 heavy (non-hydrogen) atoms. The van der Waals surface area contributed by atoms with E-state index in [1.165, 1.54) is 32.2 Å². The molecule has 0 amide bonds. The summed E-state index contributed by atoms with van der Waals surface area (Å²) in [7, 11) is 0. The lowest BCUT2D eigenvalue weighted by atomic mass is 9.89. The molecule has 0 spiro atoms. The minimum atomic E-state index is 0.305. The Hall–Kier alpha value is -0.550. The lowest BCUT2D eigenvalue weighted by Crippen LogP contribution is -2.46. The topological polar surface area (TPSA) is 7.60 Å². The SMILES string of the molecule is [C-]#[N+]C1CCCN(C2CCC2)C1. The lowest BCUT2D eigenvalue weighted by molar-refractivity contribution is 0.102. The second kappa shape index (κ2) is 3.45. The van der Waals surface area contributed by atoms with Crippen LogP contribution in [0.1, 0.15) is 32.1 Å². The Bertz CT molecular complexity index is 191. The van der Waals surface area contributed by atoms with Crippen LogP contribution in [0, 0.1) is 6.57 Å². The minimum Gasteiger partial charge on any atom is -0.312 e. The predicted molar refractivity (Wildman–Crippen MR) is 48.8 cm³/mol. The zero-order valence-electron chi connectivity index (χ0n) is 7.50. The molecule has 2 rings (SSSR count). The highest BCUT2D eigenvalue weighted by Gasteiger charge is 2.31. The van der Waals surface area contributed by atoms with Crippen LogP contribution in [0.2, 0.25) is 0 Å². The number of likely N-dealkylation sites (tertiary alicyclic amines) is 1. The summed E-state index contributed by atoms with van der Waals surface area (Å²) in [5.41, 5.74) is 0. The van der Waals surface area contributed by atoms with Gasteiger partial charge in [-0.25, -0.2) is 6.57 Å². The Morgan fingerprint density at radius 1 is 1.17 bits per heavy atom. The highest BCUT2D eigenvalue weighted by Crippen LogP contribution is 2.27. The first-order valence-electron chi connectivity index (χ1n) is 5.01. The van der Waals surface area contributed by atoms with Gasteiger partial charge in [0, 0.05) is 12.5 Å². The van der Waals surface area contributed by atoms with Crippen LogP contribution in [0.25, 0.3) is 4.85 Å². The molecule has 0 bridgehead atoms. The van der Waals surface area contributed by atoms with Crippen LogP contribution < -0.4 is 0 Å². The normalized spacial score (nSPS) is 32.4. The highest BCUT2D eigenvalue weighted by atomic mass is 15.2. The maximum absolute atomic E-state index is 7.00. The molecule has 1 aliphatic heterocycles. The second-order valence-corrected chi connectivity index (χ2v) is 4.00. The van der Waals surface area contributed by atoms with Gasteiger partial charge in [-0.05, 0) is 25.8 Å². The van der Waals surface area contributed by atoms with Gasteiger partial charge in [0.05, 0.1) is 6.54 Å². The van der Waals surface area contributed by atoms with Gasteiger partial charge in [0.2, 0.25) is 6.04 Å². The van der Waals surface area contributed by atoms with Crippen LogP contribution in [0.3, 0.4) is 0 Å². The fourth-order valence-electron chi connectivity index (χ4n) is 2.17. The van der Waals surface area contributed by atoms with E-state index in [2.05, 4.69) is 9.74 Å². The van der Waals surface area contributed by atoms with Crippen molar-refractivity contribution in [3.05, 3.63) is 11.4 Å². The van der Waals surface area contributed by atoms with Crippen molar-refractivity contribution < 1.29 is 0 Å². The van der Waals surface area contributed by atoms with Crippen LogP contribution in [0.4, 0.5) is 0 Å². The zero-order valence-corrected chi connectivity index (χ0v) is 7.50. The molecule has 1 unspecified atom stereocenters. The summed E-state index contributed by atoms with van der Waals surface area (Å²) in [5, 5.41) is 0. The van der Waals surface area contributed by atoms with Crippen molar-refractivity contribution in [3.8, 4) is 0 Å². The fourth-order valence-corrected chi connectivity index (χ4v) is 2.17. The molecule has 1 atom stereocenters. The maximum Gasteiger partial charge on any atom is 0.236 e. The Morgan fingerprint density at radius 3 is 2.58 bits per heavy atom. The summed E-state index contributed by atoms with van der Waals surface area (Å²) in [5.74, 6) is 0. The van der Waals surface area contributed by atoms with Gasteiger partial charge >= 0.3 is 0 Å². The molecule has 0 aromatic carbocycles. The van der Waals surface area contributed by atoms with Crippen LogP contribution in [-0.2, 0) is 0 Å². The van der Waals surface area contributed by atoms with Gasteiger partial charge in [-0.1, -0.05) is 6.42 Å². The van der Waals surface area contributed by atoms with Crippen LogP contribution >= 0.6 is 0 Å². The molecule has 0 radical (unpaired) electrons. The Labute approximate surface area is 74.4 Å². The molecule has 1 saturated carbocycles. The third-order valence-corrected chi connectivity index (χ3v) is 3.20. The van der Waals surface area contributed by atoms with Gasteiger partial charge in [0.25, 0.3) is 0 Å². The first kappa shape index (κ1) is 8.07. The third-order valence-electron chi connectivity index (χ3n) is 3.20. The van der Waals surface area contributed by atoms with Crippen molar-refractivity contribution in [1.29, 1.82) is 0 Å². The predicted octanol–water partition coefficient (Wildman–Crippen LogP) is 1.92. The molecular formula is C10H16N2. The number of piperidine rings is 1. The number of nitrogens with zero attached hydrogens (tertiary/aromatic N) is 2. The number of hydrogen-bond acceptors (Lipinski definition) is 1. The Kier molecular flexibility index (Phi) is 2.32. The van der Waals surface area contributed by atoms with E-state index in [-0.39, 0.29) is 0 Å². The standard InChI is InChI=1S/C10H16N2/c1-11-9-4-3-7-12(8-9)10-5-2-6-10/h9-10H,2-8H2. The number of rotatable bonds is 1. The molecule has 66 valence electrons. The average molecular weight is 164 g/mol. The van der Waals surface area contributed by atoms with Gasteiger partial charge in [-0.15, -0.1) is 0 Å². The van der Waals surface area contributed by atoms with Crippen molar-refractivity contribution in [3.63, 3.8) is 0 Å². The first-order chi connectivity index (χ1) is 5.90. The Balaban J connectivity index is 1.86. The van der Waals surface area contributed by atoms with Crippen LogP contribution in [0.15, 0.2) is 0 Å². The van der Waals surface area contributed by atoms with Gasteiger partial charge in [0.15, 0.2) is 0 Å². The molecule has 2 aliphatic rings. The van der Waals surface area contributed by atoms with Crippen molar-refractivity contribution in [2.75, 3.05) is 13.1 Å². The van der Waals surface area contributed by atoms with E-state index in [1.807, 2.05) is 0 Å². The average Bonchev–Trinajstić information content (AvgIpc) is 2.02. The molecule has 1 saturated heterocycles. The van der Waals surface area contributed by atoms with Crippen molar-refractivity contribution in [2.45, 2.75) is 44.2 Å². The van der Waals surface area contributed by atoms with Crippen molar-refractivity contribution in [2.24, 2.45) is 0 Å². The quantitative estimate of drug-likeness (QED) is 0.537. The molecule has 0 N–H and O–H groups in total. The van der Waals surface area contributed by atoms with Crippen LogP contribution in [-0.4, -0.2) is 30.1 Å². The van der Waals surface area contributed by atoms with Gasteiger partial charge in [-0.2, -0.15) is 0 Å². The van der Waals surface area contributed by atoms with Gasteiger partial charge in [0.1, 0.15) is 0 Å². The molecule has 0 aromatic rings. The summed E-state index contributed by atoms with van der Waals surface area (Å²) in [6, 6.07) is 1.15. The summed E-state index contributed by atoms with van der Waals surface area (Å²) in [4.78, 5) is 6.18. The summed E-state index contributed by atoms with van der Waals surface area (Å²) < 4.78 is 0. The molecule has 2 nitrogen and oxygen atoms in total. The first-order valence-corrected chi connectivity index (χ1v) is 5.01. The summed E-state index contributed by atoms with van der Waals surface area (Å²) in [6.07, 6.45) is 6.54. The van der Waals surface area contributed by atoms with E-state index in [9.17, 15) is 0 Å². The molecular weight excluding hydrogens is 148 g/mol. The monoisotopic (exact) mass is 164 g/mol.